The number of carbonyl (C=O) groups excluding carboxylic acids is 1. The second-order valence-corrected chi connectivity index (χ2v) is 11.3. The Morgan fingerprint density at radius 1 is 1.14 bits per heavy atom. The first-order valence-corrected chi connectivity index (χ1v) is 14.5. The molecule has 1 aromatic heterocycles. The summed E-state index contributed by atoms with van der Waals surface area (Å²) in [6.45, 7) is 10.1. The summed E-state index contributed by atoms with van der Waals surface area (Å²) in [5.41, 5.74) is 1.85. The van der Waals surface area contributed by atoms with Crippen LogP contribution in [0, 0.1) is 0 Å². The van der Waals surface area contributed by atoms with Gasteiger partial charge in [-0.3, -0.25) is 9.59 Å². The van der Waals surface area contributed by atoms with E-state index in [0.29, 0.717) is 74.0 Å². The fraction of sp³-hybridized carbons (Fsp3) is 0.577. The molecule has 10 nitrogen and oxygen atoms in total. The van der Waals surface area contributed by atoms with Gasteiger partial charge in [0.05, 0.1) is 17.9 Å². The van der Waals surface area contributed by atoms with Crippen molar-refractivity contribution in [3.63, 3.8) is 0 Å². The normalized spacial score (nSPS) is 15.9. The van der Waals surface area contributed by atoms with Crippen LogP contribution in [0.4, 0.5) is 0 Å². The zero-order valence-electron chi connectivity index (χ0n) is 22.5. The van der Waals surface area contributed by atoms with Gasteiger partial charge in [-0.05, 0) is 50.9 Å². The number of aryl methyl sites for hydroxylation is 1. The Kier molecular flexibility index (Phi) is 9.86. The van der Waals surface area contributed by atoms with Crippen molar-refractivity contribution in [1.29, 1.82) is 0 Å². The van der Waals surface area contributed by atoms with Crippen molar-refractivity contribution in [2.45, 2.75) is 58.8 Å². The monoisotopic (exact) mass is 533 g/mol. The molecule has 2 heterocycles. The Morgan fingerprint density at radius 3 is 2.43 bits per heavy atom. The molecule has 3 rings (SSSR count). The van der Waals surface area contributed by atoms with Gasteiger partial charge >= 0.3 is 0 Å². The van der Waals surface area contributed by atoms with Crippen LogP contribution < -0.4 is 15.6 Å². The predicted molar refractivity (Wildman–Crippen MR) is 144 cm³/mol. The van der Waals surface area contributed by atoms with Gasteiger partial charge in [0.1, 0.15) is 16.9 Å². The highest BCUT2D eigenvalue weighted by Gasteiger charge is 2.34. The van der Waals surface area contributed by atoms with E-state index in [1.165, 1.54) is 4.31 Å². The molecular formula is C26H39N5O5S. The maximum absolute atomic E-state index is 13.3. The summed E-state index contributed by atoms with van der Waals surface area (Å²) >= 11 is 0. The molecule has 2 N–H and O–H groups in total. The second kappa shape index (κ2) is 12.7. The smallest absolute Gasteiger partial charge is 0.254 e. The minimum atomic E-state index is -3.72. The molecule has 0 spiro atoms. The molecular weight excluding hydrogens is 494 g/mol. The zero-order valence-corrected chi connectivity index (χ0v) is 23.3. The lowest BCUT2D eigenvalue weighted by molar-refractivity contribution is 0.0945. The highest BCUT2D eigenvalue weighted by Crippen LogP contribution is 2.29. The largest absolute Gasteiger partial charge is 0.493 e. The van der Waals surface area contributed by atoms with Gasteiger partial charge in [0.15, 0.2) is 0 Å². The van der Waals surface area contributed by atoms with Crippen molar-refractivity contribution in [2.24, 2.45) is 0 Å². The number of hydrogen-bond acceptors (Lipinski definition) is 7. The van der Waals surface area contributed by atoms with Crippen LogP contribution in [-0.2, 0) is 22.9 Å². The number of benzene rings is 1. The van der Waals surface area contributed by atoms with Crippen LogP contribution in [0.3, 0.4) is 0 Å². The minimum Gasteiger partial charge on any atom is -0.493 e. The van der Waals surface area contributed by atoms with Gasteiger partial charge in [0, 0.05) is 37.3 Å². The van der Waals surface area contributed by atoms with E-state index in [2.05, 4.69) is 20.2 Å². The number of aromatic nitrogens is 2. The Balaban J connectivity index is 1.95. The summed E-state index contributed by atoms with van der Waals surface area (Å²) in [7, 11) is -1.76. The number of piperazine rings is 1. The van der Waals surface area contributed by atoms with Gasteiger partial charge < -0.3 is 19.9 Å². The second-order valence-electron chi connectivity index (χ2n) is 9.22. The molecule has 11 heteroatoms. The van der Waals surface area contributed by atoms with Crippen LogP contribution in [0.1, 0.15) is 62.2 Å². The molecule has 2 aromatic rings. The number of sulfonamides is 1. The molecule has 1 aliphatic heterocycles. The van der Waals surface area contributed by atoms with Crippen LogP contribution in [-0.4, -0.2) is 78.7 Å². The third-order valence-corrected chi connectivity index (χ3v) is 8.85. The standard InChI is InChI=1S/C26H39N5O5S/c1-6-16-36-22-11-10-18(17-20(22)24-27-21(8-3)19(7-2)26(33)29-24)25(32)28-23(9-4)37(34,35)31-14-12-30(5)13-15-31/h10-11,17,23H,6-9,12-16H2,1-5H3,(H,28,32)(H,27,29,33). The van der Waals surface area contributed by atoms with Gasteiger partial charge in [-0.25, -0.2) is 13.4 Å². The molecule has 0 bridgehead atoms. The fourth-order valence-corrected chi connectivity index (χ4v) is 6.07. The molecule has 1 aliphatic rings. The summed E-state index contributed by atoms with van der Waals surface area (Å²) in [5, 5.41) is 1.66. The molecule has 1 amide bonds. The summed E-state index contributed by atoms with van der Waals surface area (Å²) < 4.78 is 33.8. The number of hydrogen-bond donors (Lipinski definition) is 2. The number of carbonyl (C=O) groups is 1. The van der Waals surface area contributed by atoms with Gasteiger partial charge in [0.25, 0.3) is 11.5 Å². The first kappa shape index (κ1) is 28.8. The molecule has 1 unspecified atom stereocenters. The number of likely N-dealkylation sites (N-methyl/N-ethyl adjacent to an activating group) is 1. The van der Waals surface area contributed by atoms with E-state index in [9.17, 15) is 18.0 Å². The third-order valence-electron chi connectivity index (χ3n) is 6.59. The van der Waals surface area contributed by atoms with Crippen molar-refractivity contribution in [3.05, 3.63) is 45.4 Å². The van der Waals surface area contributed by atoms with Crippen molar-refractivity contribution in [2.75, 3.05) is 39.8 Å². The van der Waals surface area contributed by atoms with Crippen molar-refractivity contribution >= 4 is 15.9 Å². The Bertz CT molecular complexity index is 1250. The number of amides is 1. The quantitative estimate of drug-likeness (QED) is 0.454. The molecule has 1 atom stereocenters. The number of H-pyrrole nitrogens is 1. The van der Waals surface area contributed by atoms with Crippen molar-refractivity contribution < 1.29 is 17.9 Å². The summed E-state index contributed by atoms with van der Waals surface area (Å²) in [6.07, 6.45) is 2.17. The third kappa shape index (κ3) is 6.58. The van der Waals surface area contributed by atoms with E-state index < -0.39 is 21.3 Å². The number of nitrogens with zero attached hydrogens (tertiary/aromatic N) is 3. The van der Waals surface area contributed by atoms with Gasteiger partial charge in [-0.2, -0.15) is 4.31 Å². The topological polar surface area (TPSA) is 125 Å². The molecule has 204 valence electrons. The minimum absolute atomic E-state index is 0.218. The van der Waals surface area contributed by atoms with Crippen LogP contribution in [0.5, 0.6) is 5.75 Å². The van der Waals surface area contributed by atoms with Crippen LogP contribution in [0.25, 0.3) is 11.4 Å². The van der Waals surface area contributed by atoms with E-state index in [1.807, 2.05) is 27.8 Å². The average molecular weight is 534 g/mol. The Morgan fingerprint density at radius 2 is 1.84 bits per heavy atom. The number of nitrogens with one attached hydrogen (secondary N) is 2. The van der Waals surface area contributed by atoms with Crippen LogP contribution in [0.15, 0.2) is 23.0 Å². The maximum Gasteiger partial charge on any atom is 0.254 e. The zero-order chi connectivity index (χ0) is 27.2. The van der Waals surface area contributed by atoms with E-state index in [-0.39, 0.29) is 17.5 Å². The maximum atomic E-state index is 13.3. The van der Waals surface area contributed by atoms with Crippen LogP contribution in [0.2, 0.25) is 0 Å². The molecule has 1 aromatic carbocycles. The lowest BCUT2D eigenvalue weighted by Crippen LogP contribution is -2.53. The van der Waals surface area contributed by atoms with E-state index in [1.54, 1.807) is 25.1 Å². The predicted octanol–water partition coefficient (Wildman–Crippen LogP) is 2.39. The molecule has 1 fully saturated rings. The lowest BCUT2D eigenvalue weighted by Gasteiger charge is -2.34. The van der Waals surface area contributed by atoms with E-state index in [4.69, 9.17) is 4.74 Å². The lowest BCUT2D eigenvalue weighted by atomic mass is 10.1. The Labute approximate surface area is 219 Å². The summed E-state index contributed by atoms with van der Waals surface area (Å²) in [6, 6.07) is 4.85. The molecule has 0 saturated carbocycles. The molecule has 37 heavy (non-hydrogen) atoms. The molecule has 0 aliphatic carbocycles. The van der Waals surface area contributed by atoms with Crippen molar-refractivity contribution in [1.82, 2.24) is 24.5 Å². The summed E-state index contributed by atoms with van der Waals surface area (Å²) in [4.78, 5) is 35.6. The molecule has 1 saturated heterocycles. The number of rotatable bonds is 11. The summed E-state index contributed by atoms with van der Waals surface area (Å²) in [5.74, 6) is 0.290. The average Bonchev–Trinajstić information content (AvgIpc) is 2.89. The molecule has 0 radical (unpaired) electrons. The first-order chi connectivity index (χ1) is 17.7. The van der Waals surface area contributed by atoms with Crippen molar-refractivity contribution in [3.8, 4) is 17.1 Å². The number of ether oxygens (including phenoxy) is 1. The fourth-order valence-electron chi connectivity index (χ4n) is 4.36. The number of aromatic amines is 1. The van der Waals surface area contributed by atoms with Crippen LogP contribution >= 0.6 is 0 Å². The Hall–Kier alpha value is -2.76. The van der Waals surface area contributed by atoms with Gasteiger partial charge in [-0.15, -0.1) is 0 Å². The highest BCUT2D eigenvalue weighted by atomic mass is 32.2. The van der Waals surface area contributed by atoms with Gasteiger partial charge in [-0.1, -0.05) is 27.7 Å². The SMILES string of the molecule is CCCOc1ccc(C(=O)NC(CC)S(=O)(=O)N2CCN(C)CC2)cc1-c1nc(CC)c(CC)c(=O)[nH]1. The van der Waals surface area contributed by atoms with Gasteiger partial charge in [0.2, 0.25) is 10.0 Å². The van der Waals surface area contributed by atoms with E-state index >= 15 is 0 Å². The van der Waals surface area contributed by atoms with E-state index in [0.717, 1.165) is 6.42 Å². The first-order valence-electron chi connectivity index (χ1n) is 13.0. The highest BCUT2D eigenvalue weighted by molar-refractivity contribution is 7.89.